The fourth-order valence-corrected chi connectivity index (χ4v) is 3.07. The molecule has 1 aromatic carbocycles. The highest BCUT2D eigenvalue weighted by molar-refractivity contribution is 5.77. The number of unbranched alkanes of at least 4 members (excludes halogenated alkanes) is 1. The zero-order chi connectivity index (χ0) is 16.2. The zero-order valence-corrected chi connectivity index (χ0v) is 13.8. The second-order valence-electron chi connectivity index (χ2n) is 5.90. The van der Waals surface area contributed by atoms with Gasteiger partial charge in [-0.1, -0.05) is 38.8 Å². The van der Waals surface area contributed by atoms with Crippen LogP contribution in [0.15, 0.2) is 30.3 Å². The lowest BCUT2D eigenvalue weighted by Gasteiger charge is -2.08. The third kappa shape index (κ3) is 2.75. The van der Waals surface area contributed by atoms with Gasteiger partial charge in [0.25, 0.3) is 0 Å². The molecule has 4 heteroatoms. The van der Waals surface area contributed by atoms with Gasteiger partial charge in [0, 0.05) is 6.07 Å². The third-order valence-corrected chi connectivity index (χ3v) is 4.20. The summed E-state index contributed by atoms with van der Waals surface area (Å²) in [6.45, 7) is 5.28. The van der Waals surface area contributed by atoms with Gasteiger partial charge in [-0.05, 0) is 30.5 Å². The molecule has 0 radical (unpaired) electrons. The maximum Gasteiger partial charge on any atom is 0.250 e. The van der Waals surface area contributed by atoms with E-state index in [-0.39, 0.29) is 0 Å². The summed E-state index contributed by atoms with van der Waals surface area (Å²) in [5.41, 5.74) is 4.90. The summed E-state index contributed by atoms with van der Waals surface area (Å²) >= 11 is 0. The van der Waals surface area contributed by atoms with Crippen molar-refractivity contribution in [3.8, 4) is 6.07 Å². The van der Waals surface area contributed by atoms with Crippen LogP contribution in [-0.2, 0) is 6.42 Å². The van der Waals surface area contributed by atoms with E-state index in [1.807, 2.05) is 12.1 Å². The molecule has 2 N–H and O–H groups in total. The number of anilines is 1. The van der Waals surface area contributed by atoms with Gasteiger partial charge in [-0.2, -0.15) is 9.66 Å². The number of rotatable bonds is 6. The lowest BCUT2D eigenvalue weighted by atomic mass is 10.1. The number of aromatic nitrogens is 2. The molecule has 3 aromatic rings. The first-order valence-electron chi connectivity index (χ1n) is 8.42. The number of fused-ring (bicyclic) bond motifs is 3. The van der Waals surface area contributed by atoms with E-state index >= 15 is 0 Å². The summed E-state index contributed by atoms with van der Waals surface area (Å²) in [7, 11) is 0. The molecule has 0 spiro atoms. The highest BCUT2D eigenvalue weighted by Crippen LogP contribution is 2.21. The number of hydrogen-bond donors (Lipinski definition) is 2. The number of pyridine rings is 1. The summed E-state index contributed by atoms with van der Waals surface area (Å²) in [6, 6.07) is 12.7. The van der Waals surface area contributed by atoms with Crippen molar-refractivity contribution in [1.29, 1.82) is 5.26 Å². The number of nitrogens with one attached hydrogen (secondary N) is 2. The first-order chi connectivity index (χ1) is 11.3. The highest BCUT2D eigenvalue weighted by Gasteiger charge is 2.21. The van der Waals surface area contributed by atoms with Gasteiger partial charge < -0.3 is 5.32 Å². The molecular formula is C19H23N4+. The van der Waals surface area contributed by atoms with Crippen LogP contribution in [0, 0.1) is 11.3 Å². The van der Waals surface area contributed by atoms with Crippen LogP contribution in [0.3, 0.4) is 0 Å². The Morgan fingerprint density at radius 2 is 2.04 bits per heavy atom. The first-order valence-corrected chi connectivity index (χ1v) is 8.42. The third-order valence-electron chi connectivity index (χ3n) is 4.20. The Morgan fingerprint density at radius 3 is 2.78 bits per heavy atom. The number of imidazole rings is 1. The van der Waals surface area contributed by atoms with Crippen LogP contribution in [0.25, 0.3) is 16.7 Å². The van der Waals surface area contributed by atoms with Gasteiger partial charge in [-0.3, -0.25) is 4.98 Å². The minimum Gasteiger partial charge on any atom is -0.305 e. The molecule has 0 saturated carbocycles. The van der Waals surface area contributed by atoms with E-state index in [4.69, 9.17) is 0 Å². The molecular weight excluding hydrogens is 284 g/mol. The topological polar surface area (TPSA) is 55.7 Å². The summed E-state index contributed by atoms with van der Waals surface area (Å²) < 4.78 is 2.14. The zero-order valence-electron chi connectivity index (χ0n) is 13.8. The van der Waals surface area contributed by atoms with Gasteiger partial charge in [0.2, 0.25) is 11.5 Å². The Hall–Kier alpha value is -2.54. The van der Waals surface area contributed by atoms with Crippen molar-refractivity contribution in [3.63, 3.8) is 0 Å². The summed E-state index contributed by atoms with van der Waals surface area (Å²) in [6.07, 6.45) is 4.23. The highest BCUT2D eigenvalue weighted by atomic mass is 15.1. The van der Waals surface area contributed by atoms with Crippen LogP contribution in [0.2, 0.25) is 0 Å². The van der Waals surface area contributed by atoms with Crippen LogP contribution < -0.4 is 9.72 Å². The van der Waals surface area contributed by atoms with E-state index in [0.29, 0.717) is 0 Å². The second-order valence-corrected chi connectivity index (χ2v) is 5.90. The molecule has 0 aliphatic carbocycles. The number of para-hydroxylation sites is 2. The fourth-order valence-electron chi connectivity index (χ4n) is 3.07. The van der Waals surface area contributed by atoms with Gasteiger partial charge in [-0.25, -0.2) is 0 Å². The molecule has 0 aliphatic rings. The maximum atomic E-state index is 9.67. The summed E-state index contributed by atoms with van der Waals surface area (Å²) in [4.78, 5) is 3.43. The molecule has 3 rings (SSSR count). The van der Waals surface area contributed by atoms with E-state index in [0.717, 1.165) is 65.9 Å². The summed E-state index contributed by atoms with van der Waals surface area (Å²) in [5.74, 6) is 1.06. The van der Waals surface area contributed by atoms with Crippen LogP contribution in [0.5, 0.6) is 0 Å². The van der Waals surface area contributed by atoms with Crippen LogP contribution in [0.1, 0.15) is 44.2 Å². The fraction of sp³-hybridized carbons (Fsp3) is 0.368. The monoisotopic (exact) mass is 307 g/mol. The smallest absolute Gasteiger partial charge is 0.250 e. The average molecular weight is 307 g/mol. The lowest BCUT2D eigenvalue weighted by Crippen LogP contribution is -2.28. The van der Waals surface area contributed by atoms with E-state index in [1.54, 1.807) is 0 Å². The maximum absolute atomic E-state index is 9.67. The van der Waals surface area contributed by atoms with Gasteiger partial charge >= 0.3 is 0 Å². The number of nitriles is 1. The number of H-pyrrole nitrogens is 1. The number of hydrogen-bond acceptors (Lipinski definition) is 2. The minimum absolute atomic E-state index is 0.754. The van der Waals surface area contributed by atoms with E-state index in [2.05, 4.69) is 52.8 Å². The minimum atomic E-state index is 0.754. The molecule has 2 aromatic heterocycles. The van der Waals surface area contributed by atoms with Gasteiger partial charge in [0.05, 0.1) is 6.54 Å². The quantitative estimate of drug-likeness (QED) is 0.535. The molecule has 23 heavy (non-hydrogen) atoms. The Morgan fingerprint density at radius 1 is 1.22 bits per heavy atom. The SMILES string of the molecule is CCCCNc1cc(CCC)c(C#N)c2[nH]c3ccccc3[n+]12. The van der Waals surface area contributed by atoms with E-state index in [9.17, 15) is 5.26 Å². The molecule has 0 atom stereocenters. The molecule has 4 nitrogen and oxygen atoms in total. The van der Waals surface area contributed by atoms with Crippen LogP contribution in [-0.4, -0.2) is 11.5 Å². The van der Waals surface area contributed by atoms with Crippen molar-refractivity contribution in [1.82, 2.24) is 4.98 Å². The predicted octanol–water partition coefficient (Wildman–Crippen LogP) is 3.94. The van der Waals surface area contributed by atoms with E-state index < -0.39 is 0 Å². The van der Waals surface area contributed by atoms with Crippen molar-refractivity contribution in [3.05, 3.63) is 41.5 Å². The van der Waals surface area contributed by atoms with Crippen molar-refractivity contribution in [2.24, 2.45) is 0 Å². The normalized spacial score (nSPS) is 11.0. The van der Waals surface area contributed by atoms with Crippen molar-refractivity contribution in [2.75, 3.05) is 11.9 Å². The van der Waals surface area contributed by atoms with Crippen LogP contribution in [0.4, 0.5) is 5.82 Å². The summed E-state index contributed by atoms with van der Waals surface area (Å²) in [5, 5.41) is 13.2. The van der Waals surface area contributed by atoms with E-state index in [1.165, 1.54) is 0 Å². The molecule has 0 bridgehead atoms. The molecule has 0 unspecified atom stereocenters. The number of benzene rings is 1. The number of nitrogens with zero attached hydrogens (tertiary/aromatic N) is 2. The molecule has 0 amide bonds. The Balaban J connectivity index is 2.27. The average Bonchev–Trinajstić information content (AvgIpc) is 2.95. The first kappa shape index (κ1) is 15.4. The van der Waals surface area contributed by atoms with Gasteiger partial charge in [0.15, 0.2) is 0 Å². The molecule has 0 aliphatic heterocycles. The van der Waals surface area contributed by atoms with Crippen molar-refractivity contribution >= 4 is 22.5 Å². The lowest BCUT2D eigenvalue weighted by molar-refractivity contribution is -0.465. The van der Waals surface area contributed by atoms with Crippen LogP contribution >= 0.6 is 0 Å². The Bertz CT molecular complexity index is 870. The Kier molecular flexibility index (Phi) is 4.47. The van der Waals surface area contributed by atoms with Crippen molar-refractivity contribution in [2.45, 2.75) is 39.5 Å². The largest absolute Gasteiger partial charge is 0.305 e. The molecule has 2 heterocycles. The number of aryl methyl sites for hydroxylation is 1. The van der Waals surface area contributed by atoms with Gasteiger partial charge in [-0.15, -0.1) is 0 Å². The number of aromatic amines is 1. The standard InChI is InChI=1S/C19H22N4/c1-3-5-11-21-18-12-14(8-4-2)15(13-20)19-22-16-9-6-7-10-17(16)23(18)19/h6-7,9-10,12H,3-5,8,11H2,1-2H3,(H,21,22)/p+1. The van der Waals surface area contributed by atoms with Crippen molar-refractivity contribution < 1.29 is 4.40 Å². The molecule has 0 fully saturated rings. The molecule has 0 saturated heterocycles. The molecule has 118 valence electrons. The predicted molar refractivity (Wildman–Crippen MR) is 93.6 cm³/mol. The Labute approximate surface area is 136 Å². The second kappa shape index (κ2) is 6.70. The van der Waals surface area contributed by atoms with Gasteiger partial charge in [0.1, 0.15) is 22.7 Å².